The summed E-state index contributed by atoms with van der Waals surface area (Å²) in [4.78, 5) is 37.4. The molecule has 0 aliphatic carbocycles. The van der Waals surface area contributed by atoms with Gasteiger partial charge in [0.1, 0.15) is 11.6 Å². The maximum Gasteiger partial charge on any atom is 0.410 e. The van der Waals surface area contributed by atoms with E-state index in [4.69, 9.17) is 4.74 Å². The van der Waals surface area contributed by atoms with Crippen molar-refractivity contribution in [3.05, 3.63) is 40.6 Å². The largest absolute Gasteiger partial charge is 0.444 e. The lowest BCUT2D eigenvalue weighted by atomic mass is 10.2. The van der Waals surface area contributed by atoms with Gasteiger partial charge in [0.15, 0.2) is 5.43 Å². The Morgan fingerprint density at radius 1 is 1.22 bits per heavy atom. The van der Waals surface area contributed by atoms with Gasteiger partial charge in [-0.3, -0.25) is 14.5 Å². The molecular formula is C17H22N2O4. The van der Waals surface area contributed by atoms with Gasteiger partial charge in [-0.15, -0.1) is 0 Å². The third-order valence-corrected chi connectivity index (χ3v) is 3.41. The smallest absolute Gasteiger partial charge is 0.410 e. The summed E-state index contributed by atoms with van der Waals surface area (Å²) in [5.41, 5.74) is -0.215. The topological polar surface area (TPSA) is 75.7 Å². The highest BCUT2D eigenvalue weighted by Gasteiger charge is 2.36. The lowest BCUT2D eigenvalue weighted by molar-refractivity contribution is -0.120. The Bertz CT molecular complexity index is 651. The third kappa shape index (κ3) is 4.81. The number of nitrogens with zero attached hydrogens (tertiary/aromatic N) is 1. The number of nitrogens with one attached hydrogen (secondary N) is 1. The van der Waals surface area contributed by atoms with Crippen molar-refractivity contribution in [2.45, 2.75) is 45.3 Å². The minimum absolute atomic E-state index is 0.137. The number of carbonyl (C=O) groups excluding carboxylic acids is 2. The van der Waals surface area contributed by atoms with Crippen LogP contribution in [0.2, 0.25) is 0 Å². The van der Waals surface area contributed by atoms with Gasteiger partial charge < -0.3 is 10.1 Å². The molecule has 1 saturated heterocycles. The predicted molar refractivity (Wildman–Crippen MR) is 87.3 cm³/mol. The Morgan fingerprint density at radius 2 is 1.96 bits per heavy atom. The standard InChI is InChI=1S/C17H22N2O4/c1-17(2,3)23-16(22)19-11-5-8-14(19)15(21)18-12-6-4-7-13(20)10-9-12/h4,6-7,9-10,14H,5,8,11H2,1-3H3,(H,18,21)/t14-/m0/s1. The summed E-state index contributed by atoms with van der Waals surface area (Å²) in [6.07, 6.45) is 0.872. The van der Waals surface area contributed by atoms with Crippen molar-refractivity contribution < 1.29 is 14.3 Å². The van der Waals surface area contributed by atoms with Crippen LogP contribution in [-0.4, -0.2) is 35.1 Å². The first kappa shape index (κ1) is 17.0. The van der Waals surface area contributed by atoms with Crippen LogP contribution in [-0.2, 0) is 9.53 Å². The molecule has 1 atom stereocenters. The maximum atomic E-state index is 12.4. The fourth-order valence-corrected chi connectivity index (χ4v) is 2.42. The number of rotatable bonds is 2. The molecule has 0 bridgehead atoms. The van der Waals surface area contributed by atoms with Crippen LogP contribution in [0.25, 0.3) is 0 Å². The van der Waals surface area contributed by atoms with Gasteiger partial charge in [0.05, 0.1) is 0 Å². The predicted octanol–water partition coefficient (Wildman–Crippen LogP) is 2.38. The molecule has 1 fully saturated rings. The minimum Gasteiger partial charge on any atom is -0.444 e. The third-order valence-electron chi connectivity index (χ3n) is 3.41. The summed E-state index contributed by atoms with van der Waals surface area (Å²) >= 11 is 0. The van der Waals surface area contributed by atoms with Gasteiger partial charge in [-0.05, 0) is 57.9 Å². The van der Waals surface area contributed by atoms with Crippen LogP contribution in [0.5, 0.6) is 0 Å². The number of hydrogen-bond donors (Lipinski definition) is 1. The second-order valence-corrected chi connectivity index (χ2v) is 6.54. The lowest BCUT2D eigenvalue weighted by Gasteiger charge is -2.28. The summed E-state index contributed by atoms with van der Waals surface area (Å²) in [6, 6.07) is 7.02. The monoisotopic (exact) mass is 318 g/mol. The molecular weight excluding hydrogens is 296 g/mol. The molecule has 1 aromatic rings. The zero-order valence-electron chi connectivity index (χ0n) is 13.7. The Kier molecular flexibility index (Phi) is 5.03. The molecule has 1 aliphatic heterocycles. The second-order valence-electron chi connectivity index (χ2n) is 6.54. The number of hydrogen-bond acceptors (Lipinski definition) is 4. The number of likely N-dealkylation sites (tertiary alicyclic amines) is 1. The van der Waals surface area contributed by atoms with Crippen LogP contribution in [0.3, 0.4) is 0 Å². The molecule has 0 aromatic heterocycles. The van der Waals surface area contributed by atoms with Crippen molar-refractivity contribution in [3.8, 4) is 0 Å². The van der Waals surface area contributed by atoms with E-state index in [0.717, 1.165) is 6.42 Å². The molecule has 6 nitrogen and oxygen atoms in total. The van der Waals surface area contributed by atoms with Crippen molar-refractivity contribution in [1.82, 2.24) is 4.90 Å². The molecule has 0 spiro atoms. The number of carbonyl (C=O) groups is 2. The van der Waals surface area contributed by atoms with E-state index in [9.17, 15) is 14.4 Å². The van der Waals surface area contributed by atoms with Crippen molar-refractivity contribution in [3.63, 3.8) is 0 Å². The molecule has 1 N–H and O–H groups in total. The highest BCUT2D eigenvalue weighted by molar-refractivity contribution is 5.96. The van der Waals surface area contributed by atoms with Crippen LogP contribution in [0.15, 0.2) is 35.1 Å². The first-order valence-electron chi connectivity index (χ1n) is 7.67. The van der Waals surface area contributed by atoms with Gasteiger partial charge in [-0.1, -0.05) is 6.07 Å². The Morgan fingerprint density at radius 3 is 2.65 bits per heavy atom. The molecule has 124 valence electrons. The Hall–Kier alpha value is -2.37. The number of ether oxygens (including phenoxy) is 1. The van der Waals surface area contributed by atoms with Gasteiger partial charge in [-0.25, -0.2) is 4.79 Å². The van der Waals surface area contributed by atoms with E-state index in [1.54, 1.807) is 39.0 Å². The van der Waals surface area contributed by atoms with Gasteiger partial charge >= 0.3 is 6.09 Å². The molecule has 1 aromatic carbocycles. The number of anilines is 1. The molecule has 0 unspecified atom stereocenters. The minimum atomic E-state index is -0.599. The number of amides is 2. The van der Waals surface area contributed by atoms with Crippen LogP contribution >= 0.6 is 0 Å². The maximum absolute atomic E-state index is 12.4. The highest BCUT2D eigenvalue weighted by atomic mass is 16.6. The Balaban J connectivity index is 2.07. The second kappa shape index (κ2) is 6.81. The molecule has 0 saturated carbocycles. The summed E-state index contributed by atoms with van der Waals surface area (Å²) in [6.45, 7) is 5.88. The van der Waals surface area contributed by atoms with Gasteiger partial charge in [0, 0.05) is 12.2 Å². The zero-order chi connectivity index (χ0) is 17.0. The van der Waals surface area contributed by atoms with Crippen LogP contribution in [0.1, 0.15) is 33.6 Å². The van der Waals surface area contributed by atoms with Crippen molar-refractivity contribution in [2.75, 3.05) is 11.9 Å². The van der Waals surface area contributed by atoms with E-state index in [1.807, 2.05) is 0 Å². The average molecular weight is 318 g/mol. The molecule has 0 radical (unpaired) electrons. The molecule has 6 heteroatoms. The Labute approximate surface area is 135 Å². The lowest BCUT2D eigenvalue weighted by Crippen LogP contribution is -2.45. The van der Waals surface area contributed by atoms with Gasteiger partial charge in [-0.2, -0.15) is 0 Å². The van der Waals surface area contributed by atoms with E-state index in [0.29, 0.717) is 18.7 Å². The zero-order valence-corrected chi connectivity index (χ0v) is 13.7. The first-order chi connectivity index (χ1) is 10.8. The normalized spacial score (nSPS) is 17.7. The fourth-order valence-electron chi connectivity index (χ4n) is 2.42. The van der Waals surface area contributed by atoms with Crippen LogP contribution in [0, 0.1) is 0 Å². The molecule has 2 amide bonds. The van der Waals surface area contributed by atoms with E-state index < -0.39 is 17.7 Å². The summed E-state index contributed by atoms with van der Waals surface area (Å²) < 4.78 is 5.35. The molecule has 2 rings (SSSR count). The van der Waals surface area contributed by atoms with Crippen molar-refractivity contribution >= 4 is 17.7 Å². The molecule has 23 heavy (non-hydrogen) atoms. The van der Waals surface area contributed by atoms with Gasteiger partial charge in [0.2, 0.25) is 5.91 Å². The van der Waals surface area contributed by atoms with E-state index in [1.165, 1.54) is 17.0 Å². The van der Waals surface area contributed by atoms with E-state index >= 15 is 0 Å². The van der Waals surface area contributed by atoms with Crippen LogP contribution < -0.4 is 10.7 Å². The summed E-state index contributed by atoms with van der Waals surface area (Å²) in [7, 11) is 0. The van der Waals surface area contributed by atoms with E-state index in [2.05, 4.69) is 5.32 Å². The first-order valence-corrected chi connectivity index (χ1v) is 7.67. The highest BCUT2D eigenvalue weighted by Crippen LogP contribution is 2.22. The SMILES string of the molecule is CC(C)(C)OC(=O)N1CCC[C@H]1C(=O)Nc1cccc(=O)cc1. The van der Waals surface area contributed by atoms with Crippen molar-refractivity contribution in [1.29, 1.82) is 0 Å². The average Bonchev–Trinajstić information content (AvgIpc) is 2.84. The van der Waals surface area contributed by atoms with Gasteiger partial charge in [0.25, 0.3) is 0 Å². The molecule has 1 heterocycles. The summed E-state index contributed by atoms with van der Waals surface area (Å²) in [5, 5.41) is 2.75. The van der Waals surface area contributed by atoms with Crippen molar-refractivity contribution in [2.24, 2.45) is 0 Å². The molecule has 1 aliphatic rings. The fraction of sp³-hybridized carbons (Fsp3) is 0.471. The van der Waals surface area contributed by atoms with E-state index in [-0.39, 0.29) is 11.3 Å². The quantitative estimate of drug-likeness (QED) is 0.908. The summed E-state index contributed by atoms with van der Waals surface area (Å²) in [5.74, 6) is -0.271. The van der Waals surface area contributed by atoms with Crippen LogP contribution in [0.4, 0.5) is 10.5 Å².